The van der Waals surface area contributed by atoms with Crippen LogP contribution in [0.25, 0.3) is 0 Å². The molecule has 146 valence electrons. The van der Waals surface area contributed by atoms with Crippen molar-refractivity contribution in [1.82, 2.24) is 10.6 Å². The summed E-state index contributed by atoms with van der Waals surface area (Å²) in [6, 6.07) is 9.92. The van der Waals surface area contributed by atoms with Crippen molar-refractivity contribution >= 4 is 5.96 Å². The van der Waals surface area contributed by atoms with Crippen molar-refractivity contribution in [3.63, 3.8) is 0 Å². The van der Waals surface area contributed by atoms with Gasteiger partial charge in [0.25, 0.3) is 0 Å². The van der Waals surface area contributed by atoms with Gasteiger partial charge < -0.3 is 25.2 Å². The Morgan fingerprint density at radius 3 is 2.22 bits per heavy atom. The number of nitrogens with one attached hydrogen (secondary N) is 2. The summed E-state index contributed by atoms with van der Waals surface area (Å²) in [5.74, 6) is 1.09. The van der Waals surface area contributed by atoms with Gasteiger partial charge in [0.1, 0.15) is 5.82 Å². The normalized spacial score (nSPS) is 11.2. The number of hydrogen-bond donors (Lipinski definition) is 3. The molecule has 27 heavy (non-hydrogen) atoms. The zero-order valence-electron chi connectivity index (χ0n) is 15.9. The average molecular weight is 375 g/mol. The van der Waals surface area contributed by atoms with Crippen LogP contribution in [0.2, 0.25) is 0 Å². The first-order valence-corrected chi connectivity index (χ1v) is 8.77. The van der Waals surface area contributed by atoms with Gasteiger partial charge in [-0.25, -0.2) is 9.38 Å². The predicted octanol–water partition coefficient (Wildman–Crippen LogP) is 2.85. The van der Waals surface area contributed by atoms with E-state index in [2.05, 4.69) is 15.6 Å². The van der Waals surface area contributed by atoms with Crippen molar-refractivity contribution in [2.45, 2.75) is 19.9 Å². The summed E-state index contributed by atoms with van der Waals surface area (Å²) in [5, 5.41) is 16.4. The van der Waals surface area contributed by atoms with Gasteiger partial charge in [0, 0.05) is 13.1 Å². The number of benzene rings is 2. The summed E-state index contributed by atoms with van der Waals surface area (Å²) >= 11 is 0. The highest BCUT2D eigenvalue weighted by atomic mass is 19.1. The number of ether oxygens (including phenoxy) is 2. The lowest BCUT2D eigenvalue weighted by Gasteiger charge is -2.13. The molecule has 7 heteroatoms. The summed E-state index contributed by atoms with van der Waals surface area (Å²) in [6.45, 7) is 3.77. The van der Waals surface area contributed by atoms with E-state index in [1.54, 1.807) is 24.3 Å². The standard InChI is InChI=1S/C20H26FN3O3/c1-4-22-20(23-10-9-14-5-7-16(21)8-6-14)24-13-15-11-17(26-2)19(25)18(12-15)27-3/h5-8,11-12,25H,4,9-10,13H2,1-3H3,(H2,22,23,24). The van der Waals surface area contributed by atoms with Gasteiger partial charge in [-0.3, -0.25) is 0 Å². The summed E-state index contributed by atoms with van der Waals surface area (Å²) in [6.07, 6.45) is 0.756. The number of methoxy groups -OCH3 is 2. The minimum Gasteiger partial charge on any atom is -0.502 e. The number of aliphatic imine (C=N–C) groups is 1. The van der Waals surface area contributed by atoms with Gasteiger partial charge in [-0.1, -0.05) is 12.1 Å². The molecule has 0 unspecified atom stereocenters. The first-order valence-electron chi connectivity index (χ1n) is 8.77. The smallest absolute Gasteiger partial charge is 0.200 e. The SMILES string of the molecule is CCNC(=NCc1cc(OC)c(O)c(OC)c1)NCCc1ccc(F)cc1. The van der Waals surface area contributed by atoms with E-state index in [0.717, 1.165) is 24.1 Å². The van der Waals surface area contributed by atoms with Gasteiger partial charge in [0.2, 0.25) is 5.75 Å². The lowest BCUT2D eigenvalue weighted by atomic mass is 10.1. The van der Waals surface area contributed by atoms with Gasteiger partial charge in [-0.15, -0.1) is 0 Å². The number of phenols is 1. The number of halogens is 1. The number of hydrogen-bond acceptors (Lipinski definition) is 4. The molecular formula is C20H26FN3O3. The number of rotatable bonds is 8. The topological polar surface area (TPSA) is 75.1 Å². The Morgan fingerprint density at radius 2 is 1.67 bits per heavy atom. The minimum atomic E-state index is -0.235. The Kier molecular flexibility index (Phi) is 7.73. The Labute approximate surface area is 159 Å². The van der Waals surface area contributed by atoms with E-state index in [9.17, 15) is 9.50 Å². The van der Waals surface area contributed by atoms with Crippen LogP contribution in [0.15, 0.2) is 41.4 Å². The zero-order chi connectivity index (χ0) is 19.6. The van der Waals surface area contributed by atoms with Gasteiger partial charge in [0.05, 0.1) is 20.8 Å². The van der Waals surface area contributed by atoms with Crippen molar-refractivity contribution in [2.75, 3.05) is 27.3 Å². The predicted molar refractivity (Wildman–Crippen MR) is 104 cm³/mol. The van der Waals surface area contributed by atoms with Gasteiger partial charge in [-0.05, 0) is 48.7 Å². The van der Waals surface area contributed by atoms with Crippen LogP contribution in [0, 0.1) is 5.82 Å². The fourth-order valence-corrected chi connectivity index (χ4v) is 2.53. The number of nitrogens with zero attached hydrogens (tertiary/aromatic N) is 1. The quantitative estimate of drug-likeness (QED) is 0.489. The third-order valence-electron chi connectivity index (χ3n) is 3.92. The summed E-state index contributed by atoms with van der Waals surface area (Å²) in [7, 11) is 2.98. The number of guanidine groups is 1. The Bertz CT molecular complexity index is 739. The van der Waals surface area contributed by atoms with Gasteiger partial charge in [-0.2, -0.15) is 0 Å². The molecule has 0 amide bonds. The molecule has 2 aromatic rings. The molecule has 2 aromatic carbocycles. The first kappa shape index (κ1) is 20.4. The second kappa shape index (κ2) is 10.3. The van der Waals surface area contributed by atoms with E-state index in [4.69, 9.17) is 9.47 Å². The molecule has 3 N–H and O–H groups in total. The van der Waals surface area contributed by atoms with Crippen molar-refractivity contribution in [3.05, 3.63) is 53.3 Å². The lowest BCUT2D eigenvalue weighted by molar-refractivity contribution is 0.339. The molecule has 0 aliphatic rings. The molecular weight excluding hydrogens is 349 g/mol. The molecule has 0 bridgehead atoms. The molecule has 0 saturated heterocycles. The van der Waals surface area contributed by atoms with Gasteiger partial charge >= 0.3 is 0 Å². The van der Waals surface area contributed by atoms with Crippen LogP contribution in [0.5, 0.6) is 17.2 Å². The van der Waals surface area contributed by atoms with Crippen molar-refractivity contribution in [1.29, 1.82) is 0 Å². The maximum atomic E-state index is 13.0. The van der Waals surface area contributed by atoms with E-state index in [0.29, 0.717) is 30.5 Å². The molecule has 0 aliphatic carbocycles. The van der Waals surface area contributed by atoms with E-state index in [1.807, 2.05) is 6.92 Å². The van der Waals surface area contributed by atoms with E-state index < -0.39 is 0 Å². The summed E-state index contributed by atoms with van der Waals surface area (Å²) < 4.78 is 23.3. The maximum absolute atomic E-state index is 13.0. The highest BCUT2D eigenvalue weighted by Crippen LogP contribution is 2.37. The van der Waals surface area contributed by atoms with E-state index in [1.165, 1.54) is 26.4 Å². The zero-order valence-corrected chi connectivity index (χ0v) is 15.9. The highest BCUT2D eigenvalue weighted by molar-refractivity contribution is 5.79. The minimum absolute atomic E-state index is 0.0305. The fourth-order valence-electron chi connectivity index (χ4n) is 2.53. The van der Waals surface area contributed by atoms with Crippen LogP contribution < -0.4 is 20.1 Å². The fraction of sp³-hybridized carbons (Fsp3) is 0.350. The first-order chi connectivity index (χ1) is 13.1. The van der Waals surface area contributed by atoms with Crippen LogP contribution in [0.3, 0.4) is 0 Å². The number of aromatic hydroxyl groups is 1. The third kappa shape index (κ3) is 6.06. The second-order valence-electron chi connectivity index (χ2n) is 5.85. The molecule has 0 saturated carbocycles. The summed E-state index contributed by atoms with van der Waals surface area (Å²) in [4.78, 5) is 4.55. The van der Waals surface area contributed by atoms with Crippen LogP contribution in [0.4, 0.5) is 4.39 Å². The molecule has 0 radical (unpaired) electrons. The molecule has 0 spiro atoms. The van der Waals surface area contributed by atoms with Crippen LogP contribution in [-0.2, 0) is 13.0 Å². The van der Waals surface area contributed by atoms with Crippen molar-refractivity contribution < 1.29 is 19.0 Å². The second-order valence-corrected chi connectivity index (χ2v) is 5.85. The largest absolute Gasteiger partial charge is 0.502 e. The van der Waals surface area contributed by atoms with Crippen LogP contribution >= 0.6 is 0 Å². The van der Waals surface area contributed by atoms with Crippen LogP contribution in [-0.4, -0.2) is 38.4 Å². The molecule has 2 rings (SSSR count). The van der Waals surface area contributed by atoms with Crippen molar-refractivity contribution in [2.24, 2.45) is 4.99 Å². The Balaban J connectivity index is 2.01. The third-order valence-corrected chi connectivity index (χ3v) is 3.92. The Hall–Kier alpha value is -2.96. The molecule has 0 fully saturated rings. The molecule has 0 aliphatic heterocycles. The molecule has 0 aromatic heterocycles. The highest BCUT2D eigenvalue weighted by Gasteiger charge is 2.11. The monoisotopic (exact) mass is 375 g/mol. The molecule has 0 atom stereocenters. The summed E-state index contributed by atoms with van der Waals surface area (Å²) in [5.41, 5.74) is 1.89. The maximum Gasteiger partial charge on any atom is 0.200 e. The van der Waals surface area contributed by atoms with Gasteiger partial charge in [0.15, 0.2) is 17.5 Å². The molecule has 6 nitrogen and oxygen atoms in total. The Morgan fingerprint density at radius 1 is 1.04 bits per heavy atom. The van der Waals surface area contributed by atoms with E-state index in [-0.39, 0.29) is 11.6 Å². The van der Waals surface area contributed by atoms with E-state index >= 15 is 0 Å². The number of phenolic OH excluding ortho intramolecular Hbond substituents is 1. The molecule has 0 heterocycles. The van der Waals surface area contributed by atoms with Crippen LogP contribution in [0.1, 0.15) is 18.1 Å². The lowest BCUT2D eigenvalue weighted by Crippen LogP contribution is -2.38. The van der Waals surface area contributed by atoms with Crippen molar-refractivity contribution in [3.8, 4) is 17.2 Å². The average Bonchev–Trinajstić information content (AvgIpc) is 2.68.